The number of fused-ring (bicyclic) bond motifs is 2. The van der Waals surface area contributed by atoms with Gasteiger partial charge in [0, 0.05) is 44.8 Å². The molecule has 0 fully saturated rings. The first-order valence-electron chi connectivity index (χ1n) is 13.3. The average Bonchev–Trinajstić information content (AvgIpc) is 3.48. The number of aliphatic hydroxyl groups is 1. The Balaban J connectivity index is 1.38. The van der Waals surface area contributed by atoms with Crippen LogP contribution in [0.1, 0.15) is 60.9 Å². The van der Waals surface area contributed by atoms with Crippen LogP contribution in [0.5, 0.6) is 0 Å². The number of hydrogen-bond donors (Lipinski definition) is 5. The Morgan fingerprint density at radius 1 is 1.00 bits per heavy atom. The maximum atomic E-state index is 13.1. The number of hydrogen-bond acceptors (Lipinski definition) is 8. The van der Waals surface area contributed by atoms with Gasteiger partial charge >= 0.3 is 0 Å². The van der Waals surface area contributed by atoms with Crippen LogP contribution in [0.25, 0.3) is 5.69 Å². The molecule has 3 aromatic rings. The lowest BCUT2D eigenvalue weighted by atomic mass is 10.1. The second-order valence-corrected chi connectivity index (χ2v) is 9.33. The molecule has 11 nitrogen and oxygen atoms in total. The van der Waals surface area contributed by atoms with Crippen molar-refractivity contribution in [2.24, 2.45) is 0 Å². The molecule has 4 rings (SSSR count). The van der Waals surface area contributed by atoms with Crippen molar-refractivity contribution in [3.05, 3.63) is 60.0 Å². The molecule has 1 aromatic carbocycles. The number of anilines is 2. The van der Waals surface area contributed by atoms with E-state index in [9.17, 15) is 14.7 Å². The number of nitrogens with zero attached hydrogens (tertiary/aromatic N) is 4. The van der Waals surface area contributed by atoms with E-state index in [4.69, 9.17) is 0 Å². The molecule has 1 aliphatic rings. The van der Waals surface area contributed by atoms with E-state index in [0.29, 0.717) is 62.8 Å². The average molecular weight is 521 g/mol. The van der Waals surface area contributed by atoms with E-state index in [1.807, 2.05) is 36.5 Å². The van der Waals surface area contributed by atoms with Crippen molar-refractivity contribution in [1.29, 1.82) is 0 Å². The van der Waals surface area contributed by atoms with Crippen LogP contribution in [0, 0.1) is 0 Å². The second-order valence-electron chi connectivity index (χ2n) is 9.33. The molecule has 0 radical (unpaired) electrons. The van der Waals surface area contributed by atoms with Gasteiger partial charge in [-0.15, -0.1) is 0 Å². The molecule has 1 unspecified atom stereocenters. The minimum atomic E-state index is -1.00. The topological polar surface area (TPSA) is 146 Å². The Morgan fingerprint density at radius 3 is 2.50 bits per heavy atom. The standard InChI is InChI=1S/C27H36N8O3/c36-23-8-3-6-13-28-24-22(19-32-27(34-24)30-15-5-2-1-4-14-29-26(23)38)25(37)31-18-20-9-11-21(12-10-20)35-17-7-16-33-35/h7,9-12,16-17,19,23,36H,1-6,8,13-15,18H2,(H,29,38)(H,31,37)(H2,28,30,32,34). The zero-order chi connectivity index (χ0) is 26.6. The van der Waals surface area contributed by atoms with Crippen LogP contribution in [0.4, 0.5) is 11.8 Å². The lowest BCUT2D eigenvalue weighted by molar-refractivity contribution is -0.129. The number of carbonyl (C=O) groups excluding carboxylic acids is 2. The first-order chi connectivity index (χ1) is 18.6. The molecule has 38 heavy (non-hydrogen) atoms. The molecule has 5 N–H and O–H groups in total. The molecule has 0 spiro atoms. The summed E-state index contributed by atoms with van der Waals surface area (Å²) >= 11 is 0. The van der Waals surface area contributed by atoms with E-state index in [0.717, 1.165) is 36.9 Å². The second kappa shape index (κ2) is 14.1. The highest BCUT2D eigenvalue weighted by atomic mass is 16.3. The maximum Gasteiger partial charge on any atom is 0.256 e. The monoisotopic (exact) mass is 520 g/mol. The third kappa shape index (κ3) is 8.01. The smallest absolute Gasteiger partial charge is 0.256 e. The van der Waals surface area contributed by atoms with Gasteiger partial charge in [0.05, 0.1) is 5.69 Å². The van der Waals surface area contributed by atoms with E-state index in [2.05, 4.69) is 36.3 Å². The molecule has 0 saturated heterocycles. The van der Waals surface area contributed by atoms with Gasteiger partial charge in [0.15, 0.2) is 0 Å². The van der Waals surface area contributed by atoms with Crippen molar-refractivity contribution < 1.29 is 14.7 Å². The predicted molar refractivity (Wildman–Crippen MR) is 145 cm³/mol. The van der Waals surface area contributed by atoms with Crippen molar-refractivity contribution in [3.8, 4) is 5.69 Å². The van der Waals surface area contributed by atoms with E-state index < -0.39 is 6.10 Å². The van der Waals surface area contributed by atoms with E-state index in [1.54, 1.807) is 17.1 Å². The summed E-state index contributed by atoms with van der Waals surface area (Å²) in [5, 5.41) is 26.6. The fourth-order valence-electron chi connectivity index (χ4n) is 4.17. The van der Waals surface area contributed by atoms with Crippen molar-refractivity contribution in [1.82, 2.24) is 30.4 Å². The number of aromatic nitrogens is 4. The van der Waals surface area contributed by atoms with Gasteiger partial charge in [-0.3, -0.25) is 9.59 Å². The van der Waals surface area contributed by atoms with E-state index in [1.165, 1.54) is 0 Å². The Hall–Kier alpha value is -3.99. The molecule has 1 aliphatic heterocycles. The minimum absolute atomic E-state index is 0.274. The quantitative estimate of drug-likeness (QED) is 0.353. The van der Waals surface area contributed by atoms with Gasteiger partial charge in [-0.2, -0.15) is 10.1 Å². The summed E-state index contributed by atoms with van der Waals surface area (Å²) in [5.74, 6) is 0.344. The van der Waals surface area contributed by atoms with Gasteiger partial charge in [0.2, 0.25) is 11.9 Å². The molecule has 0 aliphatic carbocycles. The lowest BCUT2D eigenvalue weighted by Crippen LogP contribution is -2.35. The lowest BCUT2D eigenvalue weighted by Gasteiger charge is -2.15. The van der Waals surface area contributed by atoms with Crippen molar-refractivity contribution in [2.75, 3.05) is 30.3 Å². The highest BCUT2D eigenvalue weighted by Crippen LogP contribution is 2.16. The number of aliphatic hydroxyl groups excluding tert-OH is 1. The number of nitrogens with one attached hydrogen (secondary N) is 4. The molecule has 202 valence electrons. The fourth-order valence-corrected chi connectivity index (χ4v) is 4.17. The summed E-state index contributed by atoms with van der Waals surface area (Å²) in [6, 6.07) is 9.68. The van der Waals surface area contributed by atoms with Gasteiger partial charge in [0.25, 0.3) is 5.91 Å². The Labute approximate surface area is 222 Å². The highest BCUT2D eigenvalue weighted by molar-refractivity contribution is 5.98. The van der Waals surface area contributed by atoms with Crippen LogP contribution < -0.4 is 21.3 Å². The van der Waals surface area contributed by atoms with E-state index >= 15 is 0 Å². The van der Waals surface area contributed by atoms with Crippen molar-refractivity contribution in [3.63, 3.8) is 0 Å². The summed E-state index contributed by atoms with van der Waals surface area (Å²) in [6.07, 6.45) is 9.69. The first-order valence-corrected chi connectivity index (χ1v) is 13.3. The molecular formula is C27H36N8O3. The van der Waals surface area contributed by atoms with Crippen LogP contribution in [-0.4, -0.2) is 62.4 Å². The summed E-state index contributed by atoms with van der Waals surface area (Å²) in [5.41, 5.74) is 2.26. The molecule has 2 amide bonds. The van der Waals surface area contributed by atoms with Crippen molar-refractivity contribution >= 4 is 23.6 Å². The number of rotatable bonds is 4. The summed E-state index contributed by atoms with van der Waals surface area (Å²) in [4.78, 5) is 34.0. The zero-order valence-corrected chi connectivity index (χ0v) is 21.5. The van der Waals surface area contributed by atoms with Crippen LogP contribution in [-0.2, 0) is 11.3 Å². The molecule has 2 bridgehead atoms. The van der Waals surface area contributed by atoms with Crippen LogP contribution in [0.15, 0.2) is 48.9 Å². The molecule has 0 saturated carbocycles. The Bertz CT molecular complexity index is 1170. The fraction of sp³-hybridized carbons (Fsp3) is 0.444. The zero-order valence-electron chi connectivity index (χ0n) is 21.5. The van der Waals surface area contributed by atoms with Gasteiger partial charge in [-0.1, -0.05) is 25.0 Å². The summed E-state index contributed by atoms with van der Waals surface area (Å²) in [6.45, 7) is 2.19. The van der Waals surface area contributed by atoms with Crippen LogP contribution in [0.3, 0.4) is 0 Å². The summed E-state index contributed by atoms with van der Waals surface area (Å²) < 4.78 is 1.78. The molecule has 3 heterocycles. The highest BCUT2D eigenvalue weighted by Gasteiger charge is 2.16. The third-order valence-electron chi connectivity index (χ3n) is 6.38. The molecule has 11 heteroatoms. The molecule has 2 aromatic heterocycles. The van der Waals surface area contributed by atoms with Crippen molar-refractivity contribution in [2.45, 2.75) is 57.6 Å². The van der Waals surface area contributed by atoms with Crippen LogP contribution in [0.2, 0.25) is 0 Å². The third-order valence-corrected chi connectivity index (χ3v) is 6.38. The normalized spacial score (nSPS) is 17.7. The van der Waals surface area contributed by atoms with Crippen LogP contribution >= 0.6 is 0 Å². The maximum absolute atomic E-state index is 13.1. The largest absolute Gasteiger partial charge is 0.383 e. The number of benzene rings is 1. The molecule has 1 atom stereocenters. The van der Waals surface area contributed by atoms with Gasteiger partial charge in [-0.05, 0) is 55.9 Å². The Kier molecular flexibility index (Phi) is 10.0. The van der Waals surface area contributed by atoms with Gasteiger partial charge in [0.1, 0.15) is 17.5 Å². The number of amides is 2. The Morgan fingerprint density at radius 2 is 1.74 bits per heavy atom. The number of carbonyl (C=O) groups is 2. The summed E-state index contributed by atoms with van der Waals surface area (Å²) in [7, 11) is 0. The first kappa shape index (κ1) is 27.1. The minimum Gasteiger partial charge on any atom is -0.383 e. The molecular weight excluding hydrogens is 484 g/mol. The van der Waals surface area contributed by atoms with E-state index in [-0.39, 0.29) is 11.8 Å². The SMILES string of the molecule is O=C(NCc1ccc(-n2cccn2)cc1)c1cnc2nc1NCCCCC(O)C(=O)NCCCCCCN2. The predicted octanol–water partition coefficient (Wildman–Crippen LogP) is 2.64. The van der Waals surface area contributed by atoms with Gasteiger partial charge in [-0.25, -0.2) is 9.67 Å². The van der Waals surface area contributed by atoms with Gasteiger partial charge < -0.3 is 26.4 Å².